The molecule has 0 saturated carbocycles. The first-order valence-corrected chi connectivity index (χ1v) is 5.40. The lowest BCUT2D eigenvalue weighted by atomic mass is 9.88. The molecule has 2 rings (SSSR count). The summed E-state index contributed by atoms with van der Waals surface area (Å²) in [7, 11) is 1.28. The molecule has 1 atom stereocenters. The number of methoxy groups -OCH3 is 1. The Balaban J connectivity index is 2.44. The molecule has 5 nitrogen and oxygen atoms in total. The van der Waals surface area contributed by atoms with Crippen molar-refractivity contribution in [1.29, 1.82) is 0 Å². The first kappa shape index (κ1) is 12.3. The lowest BCUT2D eigenvalue weighted by molar-refractivity contribution is -0.145. The molecule has 18 heavy (non-hydrogen) atoms. The van der Waals surface area contributed by atoms with Crippen molar-refractivity contribution in [1.82, 2.24) is 4.98 Å². The van der Waals surface area contributed by atoms with Crippen LogP contribution in [0.15, 0.2) is 47.3 Å². The highest BCUT2D eigenvalue weighted by Crippen LogP contribution is 2.33. The van der Waals surface area contributed by atoms with Gasteiger partial charge in [0.05, 0.1) is 19.8 Å². The SMILES string of the molecule is COC(=O)CC(O)(c1ccncc1)c1ccco1. The number of furan rings is 1. The summed E-state index contributed by atoms with van der Waals surface area (Å²) in [5, 5.41) is 10.7. The summed E-state index contributed by atoms with van der Waals surface area (Å²) >= 11 is 0. The normalized spacial score (nSPS) is 13.9. The Morgan fingerprint density at radius 3 is 2.72 bits per heavy atom. The Bertz CT molecular complexity index is 509. The number of hydrogen-bond donors (Lipinski definition) is 1. The molecule has 0 amide bonds. The van der Waals surface area contributed by atoms with Crippen LogP contribution in [0.2, 0.25) is 0 Å². The molecule has 0 aliphatic heterocycles. The Labute approximate surface area is 104 Å². The van der Waals surface area contributed by atoms with Gasteiger partial charge in [-0.3, -0.25) is 9.78 Å². The number of pyridine rings is 1. The van der Waals surface area contributed by atoms with Gasteiger partial charge < -0.3 is 14.3 Å². The van der Waals surface area contributed by atoms with Gasteiger partial charge in [-0.1, -0.05) is 0 Å². The second-order valence-corrected chi connectivity index (χ2v) is 3.83. The summed E-state index contributed by atoms with van der Waals surface area (Å²) < 4.78 is 9.83. The van der Waals surface area contributed by atoms with Crippen molar-refractivity contribution in [2.45, 2.75) is 12.0 Å². The standard InChI is InChI=1S/C13H13NO4/c1-17-12(15)9-13(16,11-3-2-8-18-11)10-4-6-14-7-5-10/h2-8,16H,9H2,1H3. The molecule has 2 heterocycles. The lowest BCUT2D eigenvalue weighted by Gasteiger charge is -2.25. The van der Waals surface area contributed by atoms with Gasteiger partial charge in [0, 0.05) is 12.4 Å². The molecular formula is C13H13NO4. The van der Waals surface area contributed by atoms with Gasteiger partial charge in [-0.25, -0.2) is 0 Å². The monoisotopic (exact) mass is 247 g/mol. The van der Waals surface area contributed by atoms with E-state index in [2.05, 4.69) is 9.72 Å². The molecule has 0 fully saturated rings. The van der Waals surface area contributed by atoms with E-state index >= 15 is 0 Å². The topological polar surface area (TPSA) is 72.6 Å². The number of rotatable bonds is 4. The fourth-order valence-corrected chi connectivity index (χ4v) is 1.75. The van der Waals surface area contributed by atoms with Crippen molar-refractivity contribution in [3.05, 3.63) is 54.2 Å². The Hall–Kier alpha value is -2.14. The molecule has 1 unspecified atom stereocenters. The Morgan fingerprint density at radius 1 is 1.44 bits per heavy atom. The fourth-order valence-electron chi connectivity index (χ4n) is 1.75. The fraction of sp³-hybridized carbons (Fsp3) is 0.231. The van der Waals surface area contributed by atoms with Gasteiger partial charge in [0.15, 0.2) is 5.60 Å². The van der Waals surface area contributed by atoms with Crippen molar-refractivity contribution < 1.29 is 19.1 Å². The third-order valence-corrected chi connectivity index (χ3v) is 2.71. The second-order valence-electron chi connectivity index (χ2n) is 3.83. The number of ether oxygens (including phenoxy) is 1. The molecule has 2 aromatic rings. The van der Waals surface area contributed by atoms with Crippen LogP contribution in [0.3, 0.4) is 0 Å². The summed E-state index contributed by atoms with van der Waals surface area (Å²) in [4.78, 5) is 15.3. The minimum absolute atomic E-state index is 0.221. The molecule has 0 aliphatic rings. The molecule has 0 bridgehead atoms. The molecular weight excluding hydrogens is 234 g/mol. The van der Waals surface area contributed by atoms with E-state index in [0.29, 0.717) is 11.3 Å². The summed E-state index contributed by atoms with van der Waals surface area (Å²) in [6.45, 7) is 0. The van der Waals surface area contributed by atoms with Crippen LogP contribution in [0.5, 0.6) is 0 Å². The summed E-state index contributed by atoms with van der Waals surface area (Å²) in [6, 6.07) is 6.53. The van der Waals surface area contributed by atoms with Crippen molar-refractivity contribution in [2.24, 2.45) is 0 Å². The summed E-state index contributed by atoms with van der Waals surface area (Å²) in [6.07, 6.45) is 4.31. The van der Waals surface area contributed by atoms with Crippen LogP contribution in [-0.4, -0.2) is 23.2 Å². The van der Waals surface area contributed by atoms with Crippen molar-refractivity contribution in [3.63, 3.8) is 0 Å². The zero-order valence-corrected chi connectivity index (χ0v) is 9.87. The number of esters is 1. The second kappa shape index (κ2) is 5.01. The first-order chi connectivity index (χ1) is 8.66. The third-order valence-electron chi connectivity index (χ3n) is 2.71. The van der Waals surface area contributed by atoms with Crippen LogP contribution in [0.25, 0.3) is 0 Å². The van der Waals surface area contributed by atoms with Crippen LogP contribution in [0.1, 0.15) is 17.7 Å². The highest BCUT2D eigenvalue weighted by Gasteiger charge is 2.37. The van der Waals surface area contributed by atoms with E-state index in [1.54, 1.807) is 36.7 Å². The molecule has 0 radical (unpaired) electrons. The van der Waals surface area contributed by atoms with Gasteiger partial charge in [-0.15, -0.1) is 0 Å². The van der Waals surface area contributed by atoms with Crippen LogP contribution >= 0.6 is 0 Å². The molecule has 1 N–H and O–H groups in total. The lowest BCUT2D eigenvalue weighted by Crippen LogP contribution is -2.30. The van der Waals surface area contributed by atoms with Crippen molar-refractivity contribution in [2.75, 3.05) is 7.11 Å². The molecule has 5 heteroatoms. The van der Waals surface area contributed by atoms with Gasteiger partial charge >= 0.3 is 5.97 Å². The van der Waals surface area contributed by atoms with E-state index in [4.69, 9.17) is 4.42 Å². The summed E-state index contributed by atoms with van der Waals surface area (Å²) in [5.41, 5.74) is -1.02. The minimum Gasteiger partial charge on any atom is -0.469 e. The third kappa shape index (κ3) is 2.26. The summed E-state index contributed by atoms with van der Waals surface area (Å²) in [5.74, 6) is -0.232. The van der Waals surface area contributed by atoms with Crippen molar-refractivity contribution >= 4 is 5.97 Å². The van der Waals surface area contributed by atoms with Gasteiger partial charge in [0.1, 0.15) is 5.76 Å². The molecule has 0 aromatic carbocycles. The number of hydrogen-bond acceptors (Lipinski definition) is 5. The highest BCUT2D eigenvalue weighted by molar-refractivity contribution is 5.71. The number of aromatic nitrogens is 1. The zero-order chi connectivity index (χ0) is 13.0. The van der Waals surface area contributed by atoms with Gasteiger partial charge in [-0.2, -0.15) is 0 Å². The molecule has 0 spiro atoms. The van der Waals surface area contributed by atoms with E-state index in [-0.39, 0.29) is 6.42 Å². The molecule has 2 aromatic heterocycles. The smallest absolute Gasteiger partial charge is 0.309 e. The van der Waals surface area contributed by atoms with E-state index in [0.717, 1.165) is 0 Å². The van der Waals surface area contributed by atoms with E-state index in [9.17, 15) is 9.90 Å². The van der Waals surface area contributed by atoms with Gasteiger partial charge in [-0.05, 0) is 29.8 Å². The van der Waals surface area contributed by atoms with Crippen LogP contribution in [0.4, 0.5) is 0 Å². The van der Waals surface area contributed by atoms with E-state index in [1.807, 2.05) is 0 Å². The molecule has 0 saturated heterocycles. The highest BCUT2D eigenvalue weighted by atomic mass is 16.5. The Morgan fingerprint density at radius 2 is 2.17 bits per heavy atom. The average molecular weight is 247 g/mol. The number of carbonyl (C=O) groups excluding carboxylic acids is 1. The quantitative estimate of drug-likeness (QED) is 0.828. The van der Waals surface area contributed by atoms with Crippen LogP contribution in [-0.2, 0) is 15.1 Å². The van der Waals surface area contributed by atoms with Crippen LogP contribution in [0, 0.1) is 0 Å². The maximum absolute atomic E-state index is 11.5. The number of carbonyl (C=O) groups is 1. The molecule has 0 aliphatic carbocycles. The largest absolute Gasteiger partial charge is 0.469 e. The van der Waals surface area contributed by atoms with E-state index < -0.39 is 11.6 Å². The average Bonchev–Trinajstić information content (AvgIpc) is 2.94. The van der Waals surface area contributed by atoms with Crippen LogP contribution < -0.4 is 0 Å². The van der Waals surface area contributed by atoms with E-state index in [1.165, 1.54) is 13.4 Å². The predicted molar refractivity (Wildman–Crippen MR) is 62.6 cm³/mol. The van der Waals surface area contributed by atoms with Crippen molar-refractivity contribution in [3.8, 4) is 0 Å². The maximum atomic E-state index is 11.5. The Kier molecular flexibility index (Phi) is 3.43. The first-order valence-electron chi connectivity index (χ1n) is 5.40. The minimum atomic E-state index is -1.54. The zero-order valence-electron chi connectivity index (χ0n) is 9.87. The number of nitrogens with zero attached hydrogens (tertiary/aromatic N) is 1. The van der Waals surface area contributed by atoms with Gasteiger partial charge in [0.2, 0.25) is 0 Å². The molecule has 94 valence electrons. The number of aliphatic hydroxyl groups is 1. The predicted octanol–water partition coefficient (Wildman–Crippen LogP) is 1.47. The van der Waals surface area contributed by atoms with Gasteiger partial charge in [0.25, 0.3) is 0 Å². The maximum Gasteiger partial charge on any atom is 0.309 e.